The maximum atomic E-state index is 12.4. The summed E-state index contributed by atoms with van der Waals surface area (Å²) in [7, 11) is 3.73. The maximum Gasteiger partial charge on any atom is 0.340 e. The van der Waals surface area contributed by atoms with Crippen molar-refractivity contribution in [3.8, 4) is 0 Å². The highest BCUT2D eigenvalue weighted by Crippen LogP contribution is 2.74. The van der Waals surface area contributed by atoms with Gasteiger partial charge in [-0.15, -0.1) is 0 Å². The van der Waals surface area contributed by atoms with E-state index < -0.39 is 0 Å². The predicted molar refractivity (Wildman–Crippen MR) is 104 cm³/mol. The largest absolute Gasteiger partial charge is 0.465 e. The van der Waals surface area contributed by atoms with Crippen LogP contribution in [0.15, 0.2) is 24.3 Å². The Bertz CT molecular complexity index is 907. The molecule has 2 aromatic rings. The molecule has 0 amide bonds. The fraction of sp³-hybridized carbons (Fsp3) is 0.591. The zero-order chi connectivity index (χ0) is 19.0. The highest BCUT2D eigenvalue weighted by atomic mass is 16.5. The smallest absolute Gasteiger partial charge is 0.340 e. The molecule has 0 N–H and O–H groups in total. The first-order valence-corrected chi connectivity index (χ1v) is 9.91. The van der Waals surface area contributed by atoms with E-state index in [1.807, 2.05) is 12.1 Å². The first-order chi connectivity index (χ1) is 12.9. The van der Waals surface area contributed by atoms with Crippen LogP contribution in [0.1, 0.15) is 48.3 Å². The van der Waals surface area contributed by atoms with Gasteiger partial charge >= 0.3 is 5.97 Å². The van der Waals surface area contributed by atoms with Crippen LogP contribution < -0.4 is 0 Å². The molecule has 1 aromatic heterocycles. The van der Waals surface area contributed by atoms with Crippen molar-refractivity contribution in [2.45, 2.75) is 50.7 Å². The number of nitrogens with zero attached hydrogens (tertiary/aromatic N) is 2. The van der Waals surface area contributed by atoms with Crippen LogP contribution in [0, 0.1) is 12.3 Å². The Balaban J connectivity index is 1.47. The van der Waals surface area contributed by atoms with Gasteiger partial charge in [-0.1, -0.05) is 18.2 Å². The second kappa shape index (κ2) is 5.58. The van der Waals surface area contributed by atoms with E-state index in [9.17, 15) is 4.79 Å². The standard InChI is InChI=1S/C22H28N2O3/c1-14-19(20(25)26-4)17-7-5-6-8-18(17)24(14)15(2)21-11-22(12-21,13-21)23(3)16-9-27-10-16/h5-8,15-16H,9-13H2,1-4H3/t15-,21?,22?/m1/s1. The van der Waals surface area contributed by atoms with Crippen molar-refractivity contribution in [1.82, 2.24) is 9.47 Å². The molecule has 2 bridgehead atoms. The van der Waals surface area contributed by atoms with Crippen LogP contribution in [-0.4, -0.2) is 54.4 Å². The summed E-state index contributed by atoms with van der Waals surface area (Å²) in [6, 6.07) is 9.18. The van der Waals surface area contributed by atoms with E-state index in [0.717, 1.165) is 29.8 Å². The first kappa shape index (κ1) is 17.3. The van der Waals surface area contributed by atoms with Crippen LogP contribution in [0.4, 0.5) is 0 Å². The lowest BCUT2D eigenvalue weighted by molar-refractivity contribution is -0.260. The van der Waals surface area contributed by atoms with Gasteiger partial charge in [-0.05, 0) is 51.6 Å². The average Bonchev–Trinajstić information content (AvgIpc) is 2.81. The Morgan fingerprint density at radius 2 is 1.96 bits per heavy atom. The lowest BCUT2D eigenvalue weighted by atomic mass is 9.36. The number of fused-ring (bicyclic) bond motifs is 1. The molecule has 1 saturated heterocycles. The SMILES string of the molecule is COC(=O)c1c(C)n([C@H](C)C23CC(N(C)C4COC4)(C2)C3)c2ccccc12. The summed E-state index contributed by atoms with van der Waals surface area (Å²) in [6.45, 7) is 6.15. The number of hydrogen-bond donors (Lipinski definition) is 0. The third-order valence-corrected chi connectivity index (χ3v) is 7.78. The van der Waals surface area contributed by atoms with Crippen molar-refractivity contribution < 1.29 is 14.3 Å². The Morgan fingerprint density at radius 1 is 1.30 bits per heavy atom. The molecule has 4 fully saturated rings. The highest BCUT2D eigenvalue weighted by Gasteiger charge is 2.72. The number of esters is 1. The molecule has 5 nitrogen and oxygen atoms in total. The number of ether oxygens (including phenoxy) is 2. The Morgan fingerprint density at radius 3 is 2.56 bits per heavy atom. The van der Waals surface area contributed by atoms with Crippen LogP contribution in [0.5, 0.6) is 0 Å². The Hall–Kier alpha value is -1.85. The van der Waals surface area contributed by atoms with Crippen molar-refractivity contribution >= 4 is 16.9 Å². The topological polar surface area (TPSA) is 43.7 Å². The maximum absolute atomic E-state index is 12.4. The summed E-state index contributed by atoms with van der Waals surface area (Å²) in [4.78, 5) is 15.0. The van der Waals surface area contributed by atoms with Gasteiger partial charge < -0.3 is 14.0 Å². The molecular weight excluding hydrogens is 340 g/mol. The van der Waals surface area contributed by atoms with Gasteiger partial charge in [0.05, 0.1) is 31.9 Å². The van der Waals surface area contributed by atoms with Gasteiger partial charge in [0.15, 0.2) is 0 Å². The quantitative estimate of drug-likeness (QED) is 0.757. The van der Waals surface area contributed by atoms with Crippen molar-refractivity contribution in [1.29, 1.82) is 0 Å². The van der Waals surface area contributed by atoms with E-state index in [4.69, 9.17) is 9.47 Å². The molecule has 5 heteroatoms. The summed E-state index contributed by atoms with van der Waals surface area (Å²) in [5.74, 6) is -0.242. The average molecular weight is 368 g/mol. The van der Waals surface area contributed by atoms with E-state index in [2.05, 4.69) is 42.5 Å². The van der Waals surface area contributed by atoms with Crippen molar-refractivity contribution in [3.05, 3.63) is 35.5 Å². The van der Waals surface area contributed by atoms with Gasteiger partial charge in [0.1, 0.15) is 0 Å². The second-order valence-corrected chi connectivity index (χ2v) is 8.93. The van der Waals surface area contributed by atoms with Gasteiger partial charge in [0.2, 0.25) is 0 Å². The van der Waals surface area contributed by atoms with Gasteiger partial charge in [-0.3, -0.25) is 4.90 Å². The molecule has 1 aromatic carbocycles. The summed E-state index contributed by atoms with van der Waals surface area (Å²) in [6.07, 6.45) is 3.73. The van der Waals surface area contributed by atoms with Crippen molar-refractivity contribution in [3.63, 3.8) is 0 Å². The molecule has 0 radical (unpaired) electrons. The molecule has 0 unspecified atom stereocenters. The van der Waals surface area contributed by atoms with Crippen molar-refractivity contribution in [2.75, 3.05) is 27.4 Å². The molecule has 1 atom stereocenters. The third-order valence-electron chi connectivity index (χ3n) is 7.78. The number of likely N-dealkylation sites (N-methyl/N-ethyl adjacent to an activating group) is 1. The van der Waals surface area contributed by atoms with Crippen LogP contribution >= 0.6 is 0 Å². The molecular formula is C22H28N2O3. The number of benzene rings is 1. The van der Waals surface area contributed by atoms with E-state index in [1.54, 1.807) is 0 Å². The highest BCUT2D eigenvalue weighted by molar-refractivity contribution is 6.06. The molecule has 144 valence electrons. The molecule has 6 rings (SSSR count). The van der Waals surface area contributed by atoms with Crippen LogP contribution in [0.25, 0.3) is 10.9 Å². The van der Waals surface area contributed by atoms with Crippen LogP contribution in [0.3, 0.4) is 0 Å². The number of aromatic nitrogens is 1. The summed E-state index contributed by atoms with van der Waals surface area (Å²) < 4.78 is 12.9. The number of carbonyl (C=O) groups is 1. The van der Waals surface area contributed by atoms with Gasteiger partial charge in [-0.2, -0.15) is 0 Å². The fourth-order valence-corrected chi connectivity index (χ4v) is 5.99. The zero-order valence-corrected chi connectivity index (χ0v) is 16.6. The lowest BCUT2D eigenvalue weighted by Gasteiger charge is -2.76. The molecule has 4 aliphatic rings. The molecule has 3 aliphatic carbocycles. The number of rotatable bonds is 5. The molecule has 2 heterocycles. The normalized spacial score (nSPS) is 30.6. The number of hydrogen-bond acceptors (Lipinski definition) is 4. The Kier molecular flexibility index (Phi) is 3.57. The fourth-order valence-electron chi connectivity index (χ4n) is 5.99. The molecule has 27 heavy (non-hydrogen) atoms. The van der Waals surface area contributed by atoms with Crippen LogP contribution in [0.2, 0.25) is 0 Å². The number of para-hydroxylation sites is 1. The minimum atomic E-state index is -0.242. The molecule has 3 saturated carbocycles. The van der Waals surface area contributed by atoms with E-state index in [1.165, 1.54) is 26.4 Å². The summed E-state index contributed by atoms with van der Waals surface area (Å²) in [5, 5.41) is 0.999. The van der Waals surface area contributed by atoms with Gasteiger partial charge in [-0.25, -0.2) is 4.79 Å². The van der Waals surface area contributed by atoms with Gasteiger partial charge in [0.25, 0.3) is 0 Å². The minimum absolute atomic E-state index is 0.242. The third kappa shape index (κ3) is 2.10. The molecule has 1 aliphatic heterocycles. The van der Waals surface area contributed by atoms with Crippen LogP contribution in [-0.2, 0) is 9.47 Å². The lowest BCUT2D eigenvalue weighted by Crippen LogP contribution is -2.78. The molecule has 0 spiro atoms. The summed E-state index contributed by atoms with van der Waals surface area (Å²) in [5.41, 5.74) is 3.60. The van der Waals surface area contributed by atoms with Gasteiger partial charge in [0, 0.05) is 28.2 Å². The second-order valence-electron chi connectivity index (χ2n) is 8.93. The van der Waals surface area contributed by atoms with E-state index >= 15 is 0 Å². The Labute approximate surface area is 160 Å². The monoisotopic (exact) mass is 368 g/mol. The zero-order valence-electron chi connectivity index (χ0n) is 16.6. The number of carbonyl (C=O) groups excluding carboxylic acids is 1. The number of methoxy groups -OCH3 is 1. The first-order valence-electron chi connectivity index (χ1n) is 9.91. The van der Waals surface area contributed by atoms with E-state index in [-0.39, 0.29) is 5.97 Å². The predicted octanol–water partition coefficient (Wildman–Crippen LogP) is 3.55. The van der Waals surface area contributed by atoms with E-state index in [0.29, 0.717) is 28.6 Å². The summed E-state index contributed by atoms with van der Waals surface area (Å²) >= 11 is 0. The van der Waals surface area contributed by atoms with Crippen molar-refractivity contribution in [2.24, 2.45) is 5.41 Å². The minimum Gasteiger partial charge on any atom is -0.465 e.